The molecule has 1 heterocycles. The second-order valence-electron chi connectivity index (χ2n) is 7.20. The number of rotatable bonds is 5. The van der Waals surface area contributed by atoms with Gasteiger partial charge in [-0.2, -0.15) is 0 Å². The average molecular weight is 463 g/mol. The van der Waals surface area contributed by atoms with Crippen molar-refractivity contribution in [3.05, 3.63) is 58.9 Å². The average Bonchev–Trinajstić information content (AvgIpc) is 2.74. The first-order valence-electron chi connectivity index (χ1n) is 10.1. The maximum Gasteiger partial charge on any atom is 0.257 e. The van der Waals surface area contributed by atoms with Gasteiger partial charge in [0, 0.05) is 43.9 Å². The van der Waals surface area contributed by atoms with Crippen LogP contribution in [0.1, 0.15) is 30.1 Å². The van der Waals surface area contributed by atoms with E-state index in [1.165, 1.54) is 24.3 Å². The molecule has 2 amide bonds. The van der Waals surface area contributed by atoms with Gasteiger partial charge in [0.1, 0.15) is 5.82 Å². The fourth-order valence-electron chi connectivity index (χ4n) is 3.35. The molecule has 2 aromatic carbocycles. The lowest BCUT2D eigenvalue weighted by Gasteiger charge is -2.36. The third-order valence-electron chi connectivity index (χ3n) is 4.98. The third-order valence-corrected chi connectivity index (χ3v) is 5.48. The highest BCUT2D eigenvalue weighted by atomic mass is 35.5. The van der Waals surface area contributed by atoms with Crippen molar-refractivity contribution in [2.24, 2.45) is 0 Å². The molecule has 0 saturated carbocycles. The van der Waals surface area contributed by atoms with E-state index >= 15 is 0 Å². The van der Waals surface area contributed by atoms with Gasteiger partial charge in [-0.05, 0) is 61.1 Å². The molecule has 1 aliphatic rings. The Morgan fingerprint density at radius 3 is 2.39 bits per heavy atom. The highest BCUT2D eigenvalue weighted by Crippen LogP contribution is 2.29. The van der Waals surface area contributed by atoms with Gasteiger partial charge < -0.3 is 15.1 Å². The molecule has 6 nitrogen and oxygen atoms in total. The number of thiocarbonyl (C=S) groups is 1. The smallest absolute Gasteiger partial charge is 0.257 e. The maximum absolute atomic E-state index is 13.0. The molecule has 1 fully saturated rings. The summed E-state index contributed by atoms with van der Waals surface area (Å²) >= 11 is 11.7. The largest absolute Gasteiger partial charge is 0.367 e. The van der Waals surface area contributed by atoms with E-state index in [1.807, 2.05) is 24.0 Å². The number of halogens is 2. The molecule has 31 heavy (non-hydrogen) atoms. The Bertz CT molecular complexity index is 962. The lowest BCUT2D eigenvalue weighted by atomic mass is 10.2. The summed E-state index contributed by atoms with van der Waals surface area (Å²) in [5, 5.41) is 6.15. The van der Waals surface area contributed by atoms with Crippen molar-refractivity contribution in [3.63, 3.8) is 0 Å². The standard InChI is InChI=1S/C22H24ClFN4O2S/c1-2-3-20(29)28-12-10-27(11-13-28)19-9-8-17(14-18(19)23)25-22(31)26-21(30)15-4-6-16(24)7-5-15/h4-9,14H,2-3,10-13H2,1H3,(H2,25,26,30,31). The van der Waals surface area contributed by atoms with Crippen LogP contribution in [0.25, 0.3) is 0 Å². The Morgan fingerprint density at radius 1 is 1.10 bits per heavy atom. The number of carbonyl (C=O) groups is 2. The van der Waals surface area contributed by atoms with Gasteiger partial charge in [0.2, 0.25) is 5.91 Å². The number of nitrogens with one attached hydrogen (secondary N) is 2. The van der Waals surface area contributed by atoms with Crippen molar-refractivity contribution < 1.29 is 14.0 Å². The molecule has 1 aliphatic heterocycles. The van der Waals surface area contributed by atoms with Crippen molar-refractivity contribution in [1.29, 1.82) is 0 Å². The molecule has 9 heteroatoms. The molecule has 2 N–H and O–H groups in total. The number of piperazine rings is 1. The lowest BCUT2D eigenvalue weighted by Crippen LogP contribution is -2.48. The summed E-state index contributed by atoms with van der Waals surface area (Å²) in [5.74, 6) is -0.652. The predicted molar refractivity (Wildman–Crippen MR) is 125 cm³/mol. The number of benzene rings is 2. The Labute approximate surface area is 191 Å². The van der Waals surface area contributed by atoms with E-state index in [9.17, 15) is 14.0 Å². The Hall–Kier alpha value is -2.71. The molecular formula is C22H24ClFN4O2S. The number of nitrogens with zero attached hydrogens (tertiary/aromatic N) is 2. The quantitative estimate of drug-likeness (QED) is 0.656. The summed E-state index contributed by atoms with van der Waals surface area (Å²) in [6, 6.07) is 10.6. The summed E-state index contributed by atoms with van der Waals surface area (Å²) in [6.07, 6.45) is 1.43. The van der Waals surface area contributed by atoms with E-state index in [4.69, 9.17) is 23.8 Å². The molecule has 0 bridgehead atoms. The van der Waals surface area contributed by atoms with Crippen LogP contribution in [0.2, 0.25) is 5.02 Å². The molecule has 164 valence electrons. The number of anilines is 2. The van der Waals surface area contributed by atoms with Crippen molar-refractivity contribution in [2.75, 3.05) is 36.4 Å². The minimum Gasteiger partial charge on any atom is -0.367 e. The lowest BCUT2D eigenvalue weighted by molar-refractivity contribution is -0.131. The van der Waals surface area contributed by atoms with Gasteiger partial charge in [-0.1, -0.05) is 18.5 Å². The molecule has 0 aliphatic carbocycles. The summed E-state index contributed by atoms with van der Waals surface area (Å²) in [5.41, 5.74) is 1.82. The van der Waals surface area contributed by atoms with Crippen LogP contribution in [0.5, 0.6) is 0 Å². The van der Waals surface area contributed by atoms with E-state index in [0.717, 1.165) is 12.1 Å². The minimum absolute atomic E-state index is 0.112. The topological polar surface area (TPSA) is 64.7 Å². The van der Waals surface area contributed by atoms with Gasteiger partial charge in [-0.15, -0.1) is 0 Å². The summed E-state index contributed by atoms with van der Waals surface area (Å²) in [4.78, 5) is 28.3. The molecule has 0 aromatic heterocycles. The van der Waals surface area contributed by atoms with Gasteiger partial charge in [-0.25, -0.2) is 4.39 Å². The van der Waals surface area contributed by atoms with E-state index in [2.05, 4.69) is 15.5 Å². The Kier molecular flexibility index (Phi) is 7.81. The molecule has 0 spiro atoms. The second-order valence-corrected chi connectivity index (χ2v) is 8.01. The first-order valence-corrected chi connectivity index (χ1v) is 10.9. The van der Waals surface area contributed by atoms with Crippen molar-refractivity contribution in [2.45, 2.75) is 19.8 Å². The first-order chi connectivity index (χ1) is 14.9. The van der Waals surface area contributed by atoms with E-state index in [1.54, 1.807) is 6.07 Å². The van der Waals surface area contributed by atoms with Gasteiger partial charge in [0.15, 0.2) is 5.11 Å². The van der Waals surface area contributed by atoms with Crippen molar-refractivity contribution in [1.82, 2.24) is 10.2 Å². The van der Waals surface area contributed by atoms with Crippen molar-refractivity contribution in [3.8, 4) is 0 Å². The highest BCUT2D eigenvalue weighted by Gasteiger charge is 2.22. The monoisotopic (exact) mass is 462 g/mol. The molecule has 2 aromatic rings. The van der Waals surface area contributed by atoms with Crippen LogP contribution in [0.4, 0.5) is 15.8 Å². The Balaban J connectivity index is 1.56. The van der Waals surface area contributed by atoms with Crippen LogP contribution in [0.15, 0.2) is 42.5 Å². The van der Waals surface area contributed by atoms with Crippen LogP contribution < -0.4 is 15.5 Å². The third kappa shape index (κ3) is 6.15. The molecule has 1 saturated heterocycles. The maximum atomic E-state index is 13.0. The van der Waals surface area contributed by atoms with E-state index < -0.39 is 11.7 Å². The summed E-state index contributed by atoms with van der Waals surface area (Å²) < 4.78 is 13.0. The van der Waals surface area contributed by atoms with Crippen LogP contribution >= 0.6 is 23.8 Å². The number of hydrogen-bond acceptors (Lipinski definition) is 4. The van der Waals surface area contributed by atoms with Gasteiger partial charge in [0.05, 0.1) is 10.7 Å². The number of carbonyl (C=O) groups excluding carboxylic acids is 2. The van der Waals surface area contributed by atoms with Crippen LogP contribution in [-0.4, -0.2) is 48.0 Å². The van der Waals surface area contributed by atoms with Gasteiger partial charge >= 0.3 is 0 Å². The zero-order valence-electron chi connectivity index (χ0n) is 17.2. The van der Waals surface area contributed by atoms with Gasteiger partial charge in [-0.3, -0.25) is 14.9 Å². The second kappa shape index (κ2) is 10.5. The normalized spacial score (nSPS) is 13.6. The molecule has 0 radical (unpaired) electrons. The van der Waals surface area contributed by atoms with Gasteiger partial charge in [0.25, 0.3) is 5.91 Å². The fraction of sp³-hybridized carbons (Fsp3) is 0.318. The van der Waals surface area contributed by atoms with E-state index in [-0.39, 0.29) is 11.0 Å². The molecule has 0 atom stereocenters. The minimum atomic E-state index is -0.435. The van der Waals surface area contributed by atoms with E-state index in [0.29, 0.717) is 48.9 Å². The predicted octanol–water partition coefficient (Wildman–Crippen LogP) is 4.05. The summed E-state index contributed by atoms with van der Waals surface area (Å²) in [6.45, 7) is 4.79. The number of hydrogen-bond donors (Lipinski definition) is 2. The zero-order valence-corrected chi connectivity index (χ0v) is 18.7. The molecule has 0 unspecified atom stereocenters. The van der Waals surface area contributed by atoms with Crippen LogP contribution in [0.3, 0.4) is 0 Å². The zero-order chi connectivity index (χ0) is 22.4. The van der Waals surface area contributed by atoms with Crippen molar-refractivity contribution >= 4 is 52.1 Å². The molecule has 3 rings (SSSR count). The Morgan fingerprint density at radius 2 is 1.77 bits per heavy atom. The summed E-state index contributed by atoms with van der Waals surface area (Å²) in [7, 11) is 0. The SMILES string of the molecule is CCCC(=O)N1CCN(c2ccc(NC(=S)NC(=O)c3ccc(F)cc3)cc2Cl)CC1. The highest BCUT2D eigenvalue weighted by molar-refractivity contribution is 7.80. The molecular weight excluding hydrogens is 439 g/mol. The fourth-order valence-corrected chi connectivity index (χ4v) is 3.86. The first kappa shape index (κ1) is 23.0. The van der Waals surface area contributed by atoms with Crippen LogP contribution in [-0.2, 0) is 4.79 Å². The van der Waals surface area contributed by atoms with Crippen LogP contribution in [0, 0.1) is 5.82 Å². The number of amides is 2.